The molecule has 7 nitrogen and oxygen atoms in total. The van der Waals surface area contributed by atoms with Gasteiger partial charge >= 0.3 is 6.03 Å². The topological polar surface area (TPSA) is 103 Å². The molecule has 142 valence electrons. The van der Waals surface area contributed by atoms with E-state index in [1.165, 1.54) is 20.3 Å². The third-order valence-corrected chi connectivity index (χ3v) is 3.85. The van der Waals surface area contributed by atoms with Gasteiger partial charge in [0.25, 0.3) is 0 Å². The van der Waals surface area contributed by atoms with Crippen LogP contribution in [-0.4, -0.2) is 26.2 Å². The highest BCUT2D eigenvalue weighted by molar-refractivity contribution is 6.32. The van der Waals surface area contributed by atoms with Gasteiger partial charge in [-0.05, 0) is 41.5 Å². The molecule has 2 aromatic carbocycles. The molecule has 8 heteroatoms. The first-order chi connectivity index (χ1) is 12.9. The lowest BCUT2D eigenvalue weighted by Gasteiger charge is -2.10. The number of primary amides is 1. The Morgan fingerprint density at radius 3 is 2.44 bits per heavy atom. The molecular weight excluding hydrogens is 370 g/mol. The largest absolute Gasteiger partial charge is 0.493 e. The molecule has 0 aromatic heterocycles. The van der Waals surface area contributed by atoms with Crippen LogP contribution in [0.15, 0.2) is 42.5 Å². The number of benzene rings is 2. The number of anilines is 1. The van der Waals surface area contributed by atoms with Gasteiger partial charge in [0.05, 0.1) is 19.2 Å². The smallest absolute Gasteiger partial charge is 0.316 e. The number of amides is 3. The standard InChI is InChI=1S/C19H20ClN3O4/c1-26-16-10-13(9-15(20)18(16)27-2)5-8-17(24)22-11-12-3-6-14(7-4-12)23-19(21)25/h3-10H,11H2,1-2H3,(H,22,24)(H3,21,23,25)/b8-5+. The summed E-state index contributed by atoms with van der Waals surface area (Å²) in [7, 11) is 3.02. The van der Waals surface area contributed by atoms with Gasteiger partial charge in [0.15, 0.2) is 11.5 Å². The zero-order chi connectivity index (χ0) is 19.8. The molecule has 0 bridgehead atoms. The predicted molar refractivity (Wildman–Crippen MR) is 105 cm³/mol. The number of carbonyl (C=O) groups is 2. The Kier molecular flexibility index (Phi) is 7.08. The minimum atomic E-state index is -0.628. The molecule has 0 aliphatic heterocycles. The Morgan fingerprint density at radius 1 is 1.15 bits per heavy atom. The minimum absolute atomic E-state index is 0.264. The molecule has 0 fully saturated rings. The number of hydrogen-bond acceptors (Lipinski definition) is 4. The van der Waals surface area contributed by atoms with Crippen LogP contribution in [0.5, 0.6) is 11.5 Å². The molecule has 27 heavy (non-hydrogen) atoms. The maximum absolute atomic E-state index is 12.0. The zero-order valence-electron chi connectivity index (χ0n) is 14.9. The lowest BCUT2D eigenvalue weighted by atomic mass is 10.1. The molecule has 2 aromatic rings. The summed E-state index contributed by atoms with van der Waals surface area (Å²) >= 11 is 6.14. The van der Waals surface area contributed by atoms with Gasteiger partial charge in [-0.3, -0.25) is 4.79 Å². The van der Waals surface area contributed by atoms with Crippen molar-refractivity contribution < 1.29 is 19.1 Å². The summed E-state index contributed by atoms with van der Waals surface area (Å²) in [6, 6.07) is 9.74. The monoisotopic (exact) mass is 389 g/mol. The van der Waals surface area contributed by atoms with E-state index in [0.29, 0.717) is 34.3 Å². The van der Waals surface area contributed by atoms with Gasteiger partial charge in [0.1, 0.15) is 0 Å². The molecule has 0 heterocycles. The van der Waals surface area contributed by atoms with E-state index in [9.17, 15) is 9.59 Å². The molecule has 0 aliphatic rings. The lowest BCUT2D eigenvalue weighted by molar-refractivity contribution is -0.116. The van der Waals surface area contributed by atoms with Crippen LogP contribution in [0.3, 0.4) is 0 Å². The Balaban J connectivity index is 1.95. The van der Waals surface area contributed by atoms with Crippen molar-refractivity contribution >= 4 is 35.3 Å². The normalized spacial score (nSPS) is 10.5. The molecule has 0 unspecified atom stereocenters. The first-order valence-corrected chi connectivity index (χ1v) is 8.33. The van der Waals surface area contributed by atoms with Crippen molar-refractivity contribution in [2.24, 2.45) is 5.73 Å². The van der Waals surface area contributed by atoms with Crippen molar-refractivity contribution in [3.63, 3.8) is 0 Å². The lowest BCUT2D eigenvalue weighted by Crippen LogP contribution is -2.20. The molecule has 0 spiro atoms. The van der Waals surface area contributed by atoms with E-state index in [1.807, 2.05) is 0 Å². The number of nitrogens with one attached hydrogen (secondary N) is 2. The second-order valence-corrected chi connectivity index (χ2v) is 5.88. The maximum atomic E-state index is 12.0. The summed E-state index contributed by atoms with van der Waals surface area (Å²) in [5.74, 6) is 0.657. The van der Waals surface area contributed by atoms with Gasteiger partial charge in [-0.1, -0.05) is 23.7 Å². The Hall–Kier alpha value is -3.19. The second kappa shape index (κ2) is 9.49. The van der Waals surface area contributed by atoms with Crippen molar-refractivity contribution in [2.45, 2.75) is 6.54 Å². The number of ether oxygens (including phenoxy) is 2. The van der Waals surface area contributed by atoms with Crippen LogP contribution in [0.2, 0.25) is 5.02 Å². The van der Waals surface area contributed by atoms with E-state index in [2.05, 4.69) is 10.6 Å². The number of methoxy groups -OCH3 is 2. The van der Waals surface area contributed by atoms with E-state index >= 15 is 0 Å². The van der Waals surface area contributed by atoms with E-state index in [1.54, 1.807) is 42.5 Å². The van der Waals surface area contributed by atoms with Gasteiger partial charge in [-0.15, -0.1) is 0 Å². The average Bonchev–Trinajstić information content (AvgIpc) is 2.64. The Labute approximate surface area is 162 Å². The van der Waals surface area contributed by atoms with E-state index in [4.69, 9.17) is 26.8 Å². The van der Waals surface area contributed by atoms with Gasteiger partial charge in [-0.25, -0.2) is 4.79 Å². The predicted octanol–water partition coefficient (Wildman–Crippen LogP) is 3.18. The van der Waals surface area contributed by atoms with Crippen LogP contribution in [0.4, 0.5) is 10.5 Å². The molecule has 0 saturated carbocycles. The maximum Gasteiger partial charge on any atom is 0.316 e. The summed E-state index contributed by atoms with van der Waals surface area (Å²) < 4.78 is 10.4. The number of halogens is 1. The van der Waals surface area contributed by atoms with E-state index < -0.39 is 6.03 Å². The Morgan fingerprint density at radius 2 is 1.85 bits per heavy atom. The third kappa shape index (κ3) is 5.93. The molecule has 4 N–H and O–H groups in total. The second-order valence-electron chi connectivity index (χ2n) is 5.48. The molecule has 2 rings (SSSR count). The summed E-state index contributed by atoms with van der Waals surface area (Å²) in [6.07, 6.45) is 3.03. The van der Waals surface area contributed by atoms with Crippen LogP contribution in [0.25, 0.3) is 6.08 Å². The fourth-order valence-electron chi connectivity index (χ4n) is 2.30. The fraction of sp³-hybridized carbons (Fsp3) is 0.158. The summed E-state index contributed by atoms with van der Waals surface area (Å²) in [4.78, 5) is 22.8. The van der Waals surface area contributed by atoms with Gasteiger partial charge in [-0.2, -0.15) is 0 Å². The molecule has 0 aliphatic carbocycles. The van der Waals surface area contributed by atoms with Crippen LogP contribution in [0, 0.1) is 0 Å². The highest BCUT2D eigenvalue weighted by atomic mass is 35.5. The Bertz CT molecular complexity index is 851. The van der Waals surface area contributed by atoms with Crippen molar-refractivity contribution in [1.29, 1.82) is 0 Å². The van der Waals surface area contributed by atoms with Crippen molar-refractivity contribution in [3.8, 4) is 11.5 Å². The zero-order valence-corrected chi connectivity index (χ0v) is 15.7. The summed E-state index contributed by atoms with van der Waals surface area (Å²) in [5, 5.41) is 5.63. The van der Waals surface area contributed by atoms with Gasteiger partial charge < -0.3 is 25.8 Å². The van der Waals surface area contributed by atoms with Crippen LogP contribution in [-0.2, 0) is 11.3 Å². The van der Waals surface area contributed by atoms with E-state index in [0.717, 1.165) is 5.56 Å². The van der Waals surface area contributed by atoms with Crippen LogP contribution >= 0.6 is 11.6 Å². The molecule has 0 saturated heterocycles. The number of nitrogens with two attached hydrogens (primary N) is 1. The highest BCUT2D eigenvalue weighted by Gasteiger charge is 2.09. The number of urea groups is 1. The summed E-state index contributed by atoms with van der Waals surface area (Å²) in [5.41, 5.74) is 7.21. The fourth-order valence-corrected chi connectivity index (χ4v) is 2.60. The first-order valence-electron chi connectivity index (χ1n) is 7.95. The van der Waals surface area contributed by atoms with Crippen molar-refractivity contribution in [3.05, 3.63) is 58.6 Å². The minimum Gasteiger partial charge on any atom is -0.493 e. The highest BCUT2D eigenvalue weighted by Crippen LogP contribution is 2.36. The molecule has 0 radical (unpaired) electrons. The SMILES string of the molecule is COc1cc(/C=C/C(=O)NCc2ccc(NC(N)=O)cc2)cc(Cl)c1OC. The number of carbonyl (C=O) groups excluding carboxylic acids is 2. The van der Waals surface area contributed by atoms with Gasteiger partial charge in [0.2, 0.25) is 5.91 Å². The van der Waals surface area contributed by atoms with Crippen molar-refractivity contribution in [2.75, 3.05) is 19.5 Å². The van der Waals surface area contributed by atoms with Crippen LogP contribution < -0.4 is 25.8 Å². The molecule has 3 amide bonds. The molecule has 0 atom stereocenters. The molecular formula is C19H20ClN3O4. The number of hydrogen-bond donors (Lipinski definition) is 3. The third-order valence-electron chi connectivity index (χ3n) is 3.57. The van der Waals surface area contributed by atoms with Crippen molar-refractivity contribution in [1.82, 2.24) is 5.32 Å². The quantitative estimate of drug-likeness (QED) is 0.633. The van der Waals surface area contributed by atoms with Crippen LogP contribution in [0.1, 0.15) is 11.1 Å². The number of rotatable bonds is 7. The summed E-state index contributed by atoms with van der Waals surface area (Å²) in [6.45, 7) is 0.340. The van der Waals surface area contributed by atoms with E-state index in [-0.39, 0.29) is 5.91 Å². The first kappa shape index (κ1) is 20.1. The average molecular weight is 390 g/mol. The van der Waals surface area contributed by atoms with Gasteiger partial charge in [0, 0.05) is 18.3 Å².